The zero-order valence-electron chi connectivity index (χ0n) is 19.4. The van der Waals surface area contributed by atoms with Gasteiger partial charge >= 0.3 is 5.97 Å². The number of likely N-dealkylation sites (tertiary alicyclic amines) is 1. The van der Waals surface area contributed by atoms with Gasteiger partial charge in [0.15, 0.2) is 0 Å². The van der Waals surface area contributed by atoms with E-state index in [9.17, 15) is 19.5 Å². The summed E-state index contributed by atoms with van der Waals surface area (Å²) in [4.78, 5) is 42.3. The number of benzene rings is 2. The van der Waals surface area contributed by atoms with Crippen LogP contribution in [0.2, 0.25) is 0 Å². The molecule has 0 bridgehead atoms. The van der Waals surface area contributed by atoms with Gasteiger partial charge in [-0.3, -0.25) is 24.6 Å². The van der Waals surface area contributed by atoms with E-state index in [4.69, 9.17) is 0 Å². The molecule has 2 aliphatic heterocycles. The third-order valence-corrected chi connectivity index (χ3v) is 8.74. The van der Waals surface area contributed by atoms with Crippen LogP contribution in [-0.2, 0) is 27.3 Å². The van der Waals surface area contributed by atoms with Crippen LogP contribution in [-0.4, -0.2) is 46.4 Å². The minimum Gasteiger partial charge on any atom is -0.480 e. The lowest BCUT2D eigenvalue weighted by molar-refractivity contribution is -0.151. The Morgan fingerprint density at radius 3 is 2.28 bits per heavy atom. The molecule has 3 aromatic rings. The Labute approximate surface area is 221 Å². The number of carbonyl (C=O) groups is 3. The summed E-state index contributed by atoms with van der Waals surface area (Å²) in [5.41, 5.74) is 0.308. The third-order valence-electron chi connectivity index (χ3n) is 7.04. The van der Waals surface area contributed by atoms with Gasteiger partial charge in [0.2, 0.25) is 11.8 Å². The fourth-order valence-electron chi connectivity index (χ4n) is 5.39. The predicted octanol–water partition coefficient (Wildman–Crippen LogP) is 3.61. The number of carbonyl (C=O) groups excluding carboxylic acids is 2. The standard InChI is InChI=1S/C27H26BrN3O4S/c28-20-12-11-19(36-20)23-21-22(27(30-23,26(34)35)15-17-7-3-1-4-8-17)25(33)31(24(21)32)14-13-29-16-18-9-5-2-6-10-18/h1-12,21-23,29-30H,13-16H2,(H,34,35). The Morgan fingerprint density at radius 2 is 1.67 bits per heavy atom. The first-order valence-corrected chi connectivity index (χ1v) is 13.4. The zero-order valence-corrected chi connectivity index (χ0v) is 21.8. The number of fused-ring (bicyclic) bond motifs is 1. The van der Waals surface area contributed by atoms with E-state index in [0.717, 1.165) is 19.8 Å². The van der Waals surface area contributed by atoms with E-state index in [2.05, 4.69) is 26.6 Å². The molecule has 2 fully saturated rings. The Hall–Kier alpha value is -2.85. The molecule has 3 heterocycles. The molecule has 0 spiro atoms. The Balaban J connectivity index is 1.43. The van der Waals surface area contributed by atoms with Crippen LogP contribution in [0.3, 0.4) is 0 Å². The minimum atomic E-state index is -1.59. The summed E-state index contributed by atoms with van der Waals surface area (Å²) in [6.07, 6.45) is 0.104. The number of thiophene rings is 1. The lowest BCUT2D eigenvalue weighted by Crippen LogP contribution is -2.57. The number of imide groups is 1. The highest BCUT2D eigenvalue weighted by Gasteiger charge is 2.68. The van der Waals surface area contributed by atoms with Crippen molar-refractivity contribution in [2.75, 3.05) is 13.1 Å². The van der Waals surface area contributed by atoms with Gasteiger partial charge in [0.05, 0.1) is 21.7 Å². The van der Waals surface area contributed by atoms with Gasteiger partial charge in [-0.15, -0.1) is 11.3 Å². The van der Waals surface area contributed by atoms with Crippen LogP contribution in [0.1, 0.15) is 22.0 Å². The number of aliphatic carboxylic acids is 1. The molecule has 2 amide bonds. The number of carboxylic acid groups (broad SMARTS) is 1. The molecule has 3 N–H and O–H groups in total. The van der Waals surface area contributed by atoms with Crippen LogP contribution >= 0.6 is 27.3 Å². The zero-order chi connectivity index (χ0) is 25.3. The van der Waals surface area contributed by atoms with E-state index < -0.39 is 35.3 Å². The summed E-state index contributed by atoms with van der Waals surface area (Å²) in [6, 6.07) is 22.3. The van der Waals surface area contributed by atoms with Crippen molar-refractivity contribution in [3.63, 3.8) is 0 Å². The molecule has 9 heteroatoms. The second kappa shape index (κ2) is 10.3. The second-order valence-electron chi connectivity index (χ2n) is 9.20. The van der Waals surface area contributed by atoms with Gasteiger partial charge in [-0.25, -0.2) is 0 Å². The van der Waals surface area contributed by atoms with Gasteiger partial charge < -0.3 is 10.4 Å². The van der Waals surface area contributed by atoms with E-state index in [-0.39, 0.29) is 18.9 Å². The topological polar surface area (TPSA) is 98.7 Å². The van der Waals surface area contributed by atoms with Crippen molar-refractivity contribution in [3.8, 4) is 0 Å². The summed E-state index contributed by atoms with van der Waals surface area (Å²) >= 11 is 4.91. The number of rotatable bonds is 9. The molecule has 5 rings (SSSR count). The number of amides is 2. The van der Waals surface area contributed by atoms with Crippen molar-refractivity contribution in [2.45, 2.75) is 24.5 Å². The van der Waals surface area contributed by atoms with Crippen molar-refractivity contribution >= 4 is 45.1 Å². The van der Waals surface area contributed by atoms with E-state index >= 15 is 0 Å². The predicted molar refractivity (Wildman–Crippen MR) is 140 cm³/mol. The van der Waals surface area contributed by atoms with Crippen LogP contribution in [0.5, 0.6) is 0 Å². The van der Waals surface area contributed by atoms with Crippen LogP contribution in [0, 0.1) is 11.8 Å². The Kier molecular flexibility index (Phi) is 7.07. The molecular weight excluding hydrogens is 542 g/mol. The van der Waals surface area contributed by atoms with Crippen LogP contribution in [0.25, 0.3) is 0 Å². The average molecular weight is 568 g/mol. The smallest absolute Gasteiger partial charge is 0.325 e. The van der Waals surface area contributed by atoms with Crippen molar-refractivity contribution in [1.82, 2.24) is 15.5 Å². The van der Waals surface area contributed by atoms with Crippen LogP contribution < -0.4 is 10.6 Å². The first-order chi connectivity index (χ1) is 17.4. The average Bonchev–Trinajstić information content (AvgIpc) is 3.53. The first-order valence-electron chi connectivity index (χ1n) is 11.8. The second-order valence-corrected chi connectivity index (χ2v) is 11.7. The molecule has 36 heavy (non-hydrogen) atoms. The summed E-state index contributed by atoms with van der Waals surface area (Å²) in [5.74, 6) is -3.63. The van der Waals surface area contributed by atoms with Gasteiger partial charge in [-0.1, -0.05) is 60.7 Å². The fourth-order valence-corrected chi connectivity index (χ4v) is 6.92. The molecule has 186 valence electrons. The maximum atomic E-state index is 13.7. The summed E-state index contributed by atoms with van der Waals surface area (Å²) in [5, 5.41) is 17.1. The first kappa shape index (κ1) is 24.8. The maximum absolute atomic E-state index is 13.7. The molecule has 0 radical (unpaired) electrons. The maximum Gasteiger partial charge on any atom is 0.325 e. The van der Waals surface area contributed by atoms with E-state index in [1.54, 1.807) is 0 Å². The molecular formula is C27H26BrN3O4S. The van der Waals surface area contributed by atoms with E-state index in [1.165, 1.54) is 16.2 Å². The largest absolute Gasteiger partial charge is 0.480 e. The quantitative estimate of drug-likeness (QED) is 0.270. The number of hydrogen-bond acceptors (Lipinski definition) is 6. The van der Waals surface area contributed by atoms with Crippen molar-refractivity contribution in [2.24, 2.45) is 11.8 Å². The van der Waals surface area contributed by atoms with Crippen molar-refractivity contribution in [1.29, 1.82) is 0 Å². The minimum absolute atomic E-state index is 0.104. The Bertz CT molecular complexity index is 1270. The normalized spacial score (nSPS) is 25.4. The SMILES string of the molecule is O=C1C2C(c3ccc(Br)s3)NC(Cc3ccccc3)(C(=O)O)C2C(=O)N1CCNCc1ccccc1. The molecule has 2 aliphatic rings. The monoisotopic (exact) mass is 567 g/mol. The van der Waals surface area contributed by atoms with Crippen molar-refractivity contribution < 1.29 is 19.5 Å². The van der Waals surface area contributed by atoms with Crippen LogP contribution in [0.15, 0.2) is 76.6 Å². The summed E-state index contributed by atoms with van der Waals surface area (Å²) < 4.78 is 0.880. The van der Waals surface area contributed by atoms with Crippen LogP contribution in [0.4, 0.5) is 0 Å². The lowest BCUT2D eigenvalue weighted by Gasteiger charge is -2.31. The van der Waals surface area contributed by atoms with Gasteiger partial charge in [0.1, 0.15) is 5.54 Å². The van der Waals surface area contributed by atoms with Gasteiger partial charge in [0, 0.05) is 30.9 Å². The highest BCUT2D eigenvalue weighted by atomic mass is 79.9. The lowest BCUT2D eigenvalue weighted by atomic mass is 9.76. The molecule has 4 unspecified atom stereocenters. The highest BCUT2D eigenvalue weighted by molar-refractivity contribution is 9.11. The number of halogens is 1. The molecule has 2 aromatic carbocycles. The van der Waals surface area contributed by atoms with Crippen molar-refractivity contribution in [3.05, 3.63) is 92.6 Å². The third kappa shape index (κ3) is 4.52. The molecule has 0 saturated carbocycles. The molecule has 7 nitrogen and oxygen atoms in total. The van der Waals surface area contributed by atoms with Gasteiger partial charge in [0.25, 0.3) is 0 Å². The van der Waals surface area contributed by atoms with Gasteiger partial charge in [-0.05, 0) is 39.2 Å². The highest BCUT2D eigenvalue weighted by Crippen LogP contribution is 2.51. The number of nitrogens with one attached hydrogen (secondary N) is 2. The molecule has 2 saturated heterocycles. The number of carboxylic acids is 1. The molecule has 1 aromatic heterocycles. The summed E-state index contributed by atoms with van der Waals surface area (Å²) in [7, 11) is 0. The number of nitrogens with zero attached hydrogens (tertiary/aromatic N) is 1. The molecule has 4 atom stereocenters. The number of hydrogen-bond donors (Lipinski definition) is 3. The van der Waals surface area contributed by atoms with E-state index in [1.807, 2.05) is 72.8 Å². The van der Waals surface area contributed by atoms with E-state index in [0.29, 0.717) is 13.1 Å². The van der Waals surface area contributed by atoms with Gasteiger partial charge in [-0.2, -0.15) is 0 Å². The fraction of sp³-hybridized carbons (Fsp3) is 0.296. The Morgan fingerprint density at radius 1 is 1.00 bits per heavy atom. The molecule has 0 aliphatic carbocycles. The summed E-state index contributed by atoms with van der Waals surface area (Å²) in [6.45, 7) is 1.23.